The van der Waals surface area contributed by atoms with E-state index in [0.717, 1.165) is 0 Å². The number of aliphatic carboxylic acids is 1. The number of thiazole rings is 1. The van der Waals surface area contributed by atoms with E-state index in [0.29, 0.717) is 16.1 Å². The molecule has 2 aromatic rings. The van der Waals surface area contributed by atoms with Gasteiger partial charge in [-0.2, -0.15) is 0 Å². The second kappa shape index (κ2) is 6.36. The Morgan fingerprint density at radius 3 is 2.52 bits per heavy atom. The summed E-state index contributed by atoms with van der Waals surface area (Å²) in [6.07, 6.45) is 0.138. The Balaban J connectivity index is 2.09. The largest absolute Gasteiger partial charge is 0.508 e. The van der Waals surface area contributed by atoms with Crippen LogP contribution in [-0.4, -0.2) is 33.1 Å². The molecule has 6 nitrogen and oxygen atoms in total. The molecule has 3 N–H and O–H groups in total. The van der Waals surface area contributed by atoms with Gasteiger partial charge < -0.3 is 15.5 Å². The van der Waals surface area contributed by atoms with Crippen LogP contribution < -0.4 is 5.32 Å². The minimum Gasteiger partial charge on any atom is -0.508 e. The van der Waals surface area contributed by atoms with Crippen molar-refractivity contribution in [2.75, 3.05) is 0 Å². The number of benzene rings is 1. The first-order valence-corrected chi connectivity index (χ1v) is 7.07. The first-order chi connectivity index (χ1) is 9.97. The molecule has 110 valence electrons. The summed E-state index contributed by atoms with van der Waals surface area (Å²) in [5, 5.41) is 20.9. The third-order valence-corrected chi connectivity index (χ3v) is 3.86. The van der Waals surface area contributed by atoms with Gasteiger partial charge in [-0.25, -0.2) is 9.78 Å². The molecule has 1 amide bonds. The van der Waals surface area contributed by atoms with E-state index >= 15 is 0 Å². The molecule has 0 saturated carbocycles. The van der Waals surface area contributed by atoms with E-state index in [1.807, 2.05) is 0 Å². The summed E-state index contributed by atoms with van der Waals surface area (Å²) < 4.78 is 0. The molecule has 1 heterocycles. The van der Waals surface area contributed by atoms with Crippen LogP contribution in [0.25, 0.3) is 0 Å². The summed E-state index contributed by atoms with van der Waals surface area (Å²) in [6, 6.07) is 5.15. The number of aryl methyl sites for hydroxylation is 1. The van der Waals surface area contributed by atoms with Crippen molar-refractivity contribution in [3.8, 4) is 5.75 Å². The summed E-state index contributed by atoms with van der Waals surface area (Å²) in [7, 11) is 0. The Labute approximate surface area is 125 Å². The fourth-order valence-corrected chi connectivity index (χ4v) is 2.52. The molecule has 1 atom stereocenters. The van der Waals surface area contributed by atoms with E-state index in [-0.39, 0.29) is 12.2 Å². The fourth-order valence-electron chi connectivity index (χ4n) is 1.81. The Bertz CT molecular complexity index is 651. The molecule has 1 aromatic heterocycles. The normalized spacial score (nSPS) is 11.9. The molecule has 2 rings (SSSR count). The number of hydrogen-bond donors (Lipinski definition) is 3. The molecule has 0 radical (unpaired) electrons. The van der Waals surface area contributed by atoms with Crippen LogP contribution in [-0.2, 0) is 11.2 Å². The number of amides is 1. The number of hydrogen-bond acceptors (Lipinski definition) is 5. The van der Waals surface area contributed by atoms with Crippen LogP contribution in [0.1, 0.15) is 20.9 Å². The van der Waals surface area contributed by atoms with Crippen molar-refractivity contribution in [3.05, 3.63) is 45.9 Å². The molecule has 0 aliphatic rings. The van der Waals surface area contributed by atoms with Crippen molar-refractivity contribution in [1.82, 2.24) is 10.3 Å². The van der Waals surface area contributed by atoms with Gasteiger partial charge in [0.1, 0.15) is 16.7 Å². The summed E-state index contributed by atoms with van der Waals surface area (Å²) >= 11 is 1.17. The minimum absolute atomic E-state index is 0.106. The fraction of sp³-hybridized carbons (Fsp3) is 0.214. The van der Waals surface area contributed by atoms with Gasteiger partial charge in [-0.1, -0.05) is 12.1 Å². The molecule has 1 aromatic carbocycles. The zero-order valence-corrected chi connectivity index (χ0v) is 12.1. The standard InChI is InChI=1S/C14H14N2O4S/c1-8-12(21-7-15-8)13(18)16-11(14(19)20)6-9-2-4-10(17)5-3-9/h2-5,7,11,17H,6H2,1H3,(H,16,18)(H,19,20)/t11-/m1/s1. The van der Waals surface area contributed by atoms with Gasteiger partial charge in [0.15, 0.2) is 0 Å². The minimum atomic E-state index is -1.11. The first-order valence-electron chi connectivity index (χ1n) is 6.19. The third-order valence-electron chi connectivity index (χ3n) is 2.93. The monoisotopic (exact) mass is 306 g/mol. The molecule has 0 spiro atoms. The number of carboxylic acids is 1. The number of aromatic nitrogens is 1. The molecule has 0 fully saturated rings. The Kier molecular flexibility index (Phi) is 4.54. The maximum atomic E-state index is 12.0. The van der Waals surface area contributed by atoms with Crippen LogP contribution in [0.4, 0.5) is 0 Å². The van der Waals surface area contributed by atoms with Crippen LogP contribution in [0.15, 0.2) is 29.8 Å². The van der Waals surface area contributed by atoms with Crippen molar-refractivity contribution in [2.45, 2.75) is 19.4 Å². The van der Waals surface area contributed by atoms with E-state index in [1.54, 1.807) is 24.6 Å². The number of rotatable bonds is 5. The van der Waals surface area contributed by atoms with Gasteiger partial charge in [0.2, 0.25) is 0 Å². The zero-order chi connectivity index (χ0) is 15.4. The zero-order valence-electron chi connectivity index (χ0n) is 11.2. The number of nitrogens with zero attached hydrogens (tertiary/aromatic N) is 1. The number of carbonyl (C=O) groups excluding carboxylic acids is 1. The van der Waals surface area contributed by atoms with Gasteiger partial charge in [-0.15, -0.1) is 11.3 Å². The van der Waals surface area contributed by atoms with E-state index < -0.39 is 17.9 Å². The molecular formula is C14H14N2O4S. The highest BCUT2D eigenvalue weighted by Crippen LogP contribution is 2.14. The van der Waals surface area contributed by atoms with Gasteiger partial charge in [-0.3, -0.25) is 4.79 Å². The maximum absolute atomic E-state index is 12.0. The van der Waals surface area contributed by atoms with Crippen molar-refractivity contribution >= 4 is 23.2 Å². The molecule has 0 bridgehead atoms. The molecule has 0 aliphatic heterocycles. The lowest BCUT2D eigenvalue weighted by atomic mass is 10.1. The highest BCUT2D eigenvalue weighted by Gasteiger charge is 2.22. The van der Waals surface area contributed by atoms with E-state index in [9.17, 15) is 19.8 Å². The molecule has 0 saturated heterocycles. The van der Waals surface area contributed by atoms with Crippen LogP contribution in [0.3, 0.4) is 0 Å². The van der Waals surface area contributed by atoms with Crippen molar-refractivity contribution in [3.63, 3.8) is 0 Å². The van der Waals surface area contributed by atoms with Crippen LogP contribution in [0, 0.1) is 6.92 Å². The summed E-state index contributed by atoms with van der Waals surface area (Å²) in [6.45, 7) is 1.70. The number of carboxylic acid groups (broad SMARTS) is 1. The molecule has 7 heteroatoms. The average molecular weight is 306 g/mol. The second-order valence-corrected chi connectivity index (χ2v) is 5.36. The van der Waals surface area contributed by atoms with Crippen molar-refractivity contribution in [1.29, 1.82) is 0 Å². The lowest BCUT2D eigenvalue weighted by molar-refractivity contribution is -0.139. The maximum Gasteiger partial charge on any atom is 0.326 e. The smallest absolute Gasteiger partial charge is 0.326 e. The first kappa shape index (κ1) is 15.0. The van der Waals surface area contributed by atoms with Crippen molar-refractivity contribution < 1.29 is 19.8 Å². The van der Waals surface area contributed by atoms with Gasteiger partial charge in [0, 0.05) is 6.42 Å². The van der Waals surface area contributed by atoms with Gasteiger partial charge in [0.05, 0.1) is 11.2 Å². The topological polar surface area (TPSA) is 99.5 Å². The predicted molar refractivity (Wildman–Crippen MR) is 77.6 cm³/mol. The number of nitrogens with one attached hydrogen (secondary N) is 1. The number of aromatic hydroxyl groups is 1. The van der Waals surface area contributed by atoms with Gasteiger partial charge in [-0.05, 0) is 24.6 Å². The van der Waals surface area contributed by atoms with Crippen LogP contribution >= 0.6 is 11.3 Å². The Morgan fingerprint density at radius 2 is 2.00 bits per heavy atom. The third kappa shape index (κ3) is 3.79. The number of phenols is 1. The highest BCUT2D eigenvalue weighted by molar-refractivity contribution is 7.11. The molecule has 0 unspecified atom stereocenters. The quantitative estimate of drug-likeness (QED) is 0.779. The molecular weight excluding hydrogens is 292 g/mol. The van der Waals surface area contributed by atoms with Gasteiger partial charge >= 0.3 is 5.97 Å². The van der Waals surface area contributed by atoms with Gasteiger partial charge in [0.25, 0.3) is 5.91 Å². The predicted octanol–water partition coefficient (Wildman–Crippen LogP) is 1.58. The lowest BCUT2D eigenvalue weighted by Crippen LogP contribution is -2.42. The SMILES string of the molecule is Cc1ncsc1C(=O)N[C@H](Cc1ccc(O)cc1)C(=O)O. The van der Waals surface area contributed by atoms with Crippen molar-refractivity contribution in [2.24, 2.45) is 0 Å². The van der Waals surface area contributed by atoms with E-state index in [2.05, 4.69) is 10.3 Å². The van der Waals surface area contributed by atoms with Crippen LogP contribution in [0.2, 0.25) is 0 Å². The van der Waals surface area contributed by atoms with Crippen LogP contribution in [0.5, 0.6) is 5.75 Å². The van der Waals surface area contributed by atoms with E-state index in [4.69, 9.17) is 0 Å². The average Bonchev–Trinajstić information content (AvgIpc) is 2.86. The molecule has 0 aliphatic carbocycles. The summed E-state index contributed by atoms with van der Waals surface area (Å²) in [4.78, 5) is 27.7. The molecule has 21 heavy (non-hydrogen) atoms. The van der Waals surface area contributed by atoms with E-state index in [1.165, 1.54) is 23.5 Å². The summed E-state index contributed by atoms with van der Waals surface area (Å²) in [5.74, 6) is -1.45. The second-order valence-electron chi connectivity index (χ2n) is 4.50. The number of carbonyl (C=O) groups is 2. The Hall–Kier alpha value is -2.41. The Morgan fingerprint density at radius 1 is 1.33 bits per heavy atom. The lowest BCUT2D eigenvalue weighted by Gasteiger charge is -2.14. The highest BCUT2D eigenvalue weighted by atomic mass is 32.1. The number of phenolic OH excluding ortho intramolecular Hbond substituents is 1. The summed E-state index contributed by atoms with van der Waals surface area (Å²) in [5.41, 5.74) is 2.83.